The first kappa shape index (κ1) is 12.6. The summed E-state index contributed by atoms with van der Waals surface area (Å²) in [6.45, 7) is 4.51. The first-order valence-corrected chi connectivity index (χ1v) is 6.54. The summed E-state index contributed by atoms with van der Waals surface area (Å²) in [6.07, 6.45) is 0.994. The van der Waals surface area contributed by atoms with E-state index in [-0.39, 0.29) is 17.9 Å². The van der Waals surface area contributed by atoms with E-state index in [2.05, 4.69) is 21.2 Å². The van der Waals surface area contributed by atoms with Gasteiger partial charge in [-0.2, -0.15) is 0 Å². The quantitative estimate of drug-likeness (QED) is 0.911. The molecule has 1 aromatic carbocycles. The standard InChI is InChI=1S/C13H16BrNO2/c1-8-3-4-11(14)6-12(8)15-13(16)10-5-9(2)17-7-10/h3-4,6,9-10H,5,7H2,1-2H3,(H,15,16). The second-order valence-electron chi connectivity index (χ2n) is 4.53. The summed E-state index contributed by atoms with van der Waals surface area (Å²) in [4.78, 5) is 12.0. The molecule has 0 aromatic heterocycles. The lowest BCUT2D eigenvalue weighted by Gasteiger charge is -2.12. The lowest BCUT2D eigenvalue weighted by Crippen LogP contribution is -2.23. The molecule has 0 bridgehead atoms. The number of carbonyl (C=O) groups is 1. The molecule has 0 spiro atoms. The zero-order chi connectivity index (χ0) is 12.4. The maximum Gasteiger partial charge on any atom is 0.229 e. The summed E-state index contributed by atoms with van der Waals surface area (Å²) in [5.74, 6) is 0.0268. The number of hydrogen-bond acceptors (Lipinski definition) is 2. The van der Waals surface area contributed by atoms with Gasteiger partial charge in [0.05, 0.1) is 18.6 Å². The van der Waals surface area contributed by atoms with Crippen LogP contribution in [0.2, 0.25) is 0 Å². The van der Waals surface area contributed by atoms with Gasteiger partial charge >= 0.3 is 0 Å². The first-order valence-electron chi connectivity index (χ1n) is 5.75. The van der Waals surface area contributed by atoms with Gasteiger partial charge in [0.1, 0.15) is 0 Å². The zero-order valence-corrected chi connectivity index (χ0v) is 11.6. The third-order valence-corrected chi connectivity index (χ3v) is 3.52. The summed E-state index contributed by atoms with van der Waals surface area (Å²) in [5.41, 5.74) is 1.93. The van der Waals surface area contributed by atoms with E-state index in [1.165, 1.54) is 0 Å². The summed E-state index contributed by atoms with van der Waals surface area (Å²) >= 11 is 3.40. The second-order valence-corrected chi connectivity index (χ2v) is 5.44. The highest BCUT2D eigenvalue weighted by molar-refractivity contribution is 9.10. The highest BCUT2D eigenvalue weighted by atomic mass is 79.9. The van der Waals surface area contributed by atoms with E-state index >= 15 is 0 Å². The van der Waals surface area contributed by atoms with Gasteiger partial charge < -0.3 is 10.1 Å². The van der Waals surface area contributed by atoms with Crippen LogP contribution in [-0.4, -0.2) is 18.6 Å². The molecule has 0 saturated carbocycles. The second kappa shape index (κ2) is 5.19. The minimum absolute atomic E-state index is 0.0246. The Bertz CT molecular complexity index is 433. The fourth-order valence-corrected chi connectivity index (χ4v) is 2.32. The van der Waals surface area contributed by atoms with Crippen LogP contribution in [0.4, 0.5) is 5.69 Å². The Hall–Kier alpha value is -0.870. The van der Waals surface area contributed by atoms with Crippen molar-refractivity contribution in [1.82, 2.24) is 0 Å². The molecule has 0 aliphatic carbocycles. The average molecular weight is 298 g/mol. The van der Waals surface area contributed by atoms with Crippen molar-refractivity contribution in [1.29, 1.82) is 0 Å². The molecule has 1 N–H and O–H groups in total. The van der Waals surface area contributed by atoms with Crippen molar-refractivity contribution in [2.45, 2.75) is 26.4 Å². The van der Waals surface area contributed by atoms with Crippen molar-refractivity contribution in [3.05, 3.63) is 28.2 Å². The SMILES string of the molecule is Cc1ccc(Br)cc1NC(=O)C1COC(C)C1. The highest BCUT2D eigenvalue weighted by Crippen LogP contribution is 2.24. The lowest BCUT2D eigenvalue weighted by atomic mass is 10.1. The van der Waals surface area contributed by atoms with Crippen molar-refractivity contribution >= 4 is 27.5 Å². The highest BCUT2D eigenvalue weighted by Gasteiger charge is 2.28. The van der Waals surface area contributed by atoms with E-state index in [0.717, 1.165) is 22.1 Å². The van der Waals surface area contributed by atoms with Gasteiger partial charge in [0.15, 0.2) is 0 Å². The number of aryl methyl sites for hydroxylation is 1. The molecule has 1 fully saturated rings. The molecule has 1 amide bonds. The van der Waals surface area contributed by atoms with E-state index in [4.69, 9.17) is 4.74 Å². The largest absolute Gasteiger partial charge is 0.378 e. The van der Waals surface area contributed by atoms with Crippen molar-refractivity contribution < 1.29 is 9.53 Å². The van der Waals surface area contributed by atoms with Gasteiger partial charge in [-0.3, -0.25) is 4.79 Å². The third-order valence-electron chi connectivity index (χ3n) is 3.03. The molecule has 1 aliphatic heterocycles. The maximum absolute atomic E-state index is 12.0. The molecule has 0 radical (unpaired) electrons. The molecule has 92 valence electrons. The first-order chi connectivity index (χ1) is 8.06. The molecule has 4 heteroatoms. The summed E-state index contributed by atoms with van der Waals surface area (Å²) < 4.78 is 6.38. The molecule has 1 heterocycles. The summed E-state index contributed by atoms with van der Waals surface area (Å²) in [7, 11) is 0. The number of ether oxygens (including phenoxy) is 1. The number of nitrogens with one attached hydrogen (secondary N) is 1. The monoisotopic (exact) mass is 297 g/mol. The number of anilines is 1. The molecule has 17 heavy (non-hydrogen) atoms. The van der Waals surface area contributed by atoms with Crippen LogP contribution in [0.3, 0.4) is 0 Å². The number of hydrogen-bond donors (Lipinski definition) is 1. The van der Waals surface area contributed by atoms with E-state index in [1.54, 1.807) is 0 Å². The van der Waals surface area contributed by atoms with Crippen LogP contribution < -0.4 is 5.32 Å². The van der Waals surface area contributed by atoms with Gasteiger partial charge in [0, 0.05) is 10.2 Å². The molecule has 2 atom stereocenters. The van der Waals surface area contributed by atoms with Crippen molar-refractivity contribution in [2.75, 3.05) is 11.9 Å². The Morgan fingerprint density at radius 3 is 2.94 bits per heavy atom. The van der Waals surface area contributed by atoms with Crippen LogP contribution in [-0.2, 0) is 9.53 Å². The summed E-state index contributed by atoms with van der Waals surface area (Å²) in [6, 6.07) is 5.87. The lowest BCUT2D eigenvalue weighted by molar-refractivity contribution is -0.119. The van der Waals surface area contributed by atoms with Crippen molar-refractivity contribution in [3.8, 4) is 0 Å². The number of benzene rings is 1. The number of amides is 1. The van der Waals surface area contributed by atoms with E-state index < -0.39 is 0 Å². The molecular weight excluding hydrogens is 282 g/mol. The number of halogens is 1. The van der Waals surface area contributed by atoms with Gasteiger partial charge in [0.2, 0.25) is 5.91 Å². The molecule has 2 unspecified atom stereocenters. The number of rotatable bonds is 2. The van der Waals surface area contributed by atoms with Gasteiger partial charge in [-0.05, 0) is 38.0 Å². The van der Waals surface area contributed by atoms with E-state index in [9.17, 15) is 4.79 Å². The predicted molar refractivity (Wildman–Crippen MR) is 71.0 cm³/mol. The number of carbonyl (C=O) groups excluding carboxylic acids is 1. The third kappa shape index (κ3) is 3.07. The van der Waals surface area contributed by atoms with Crippen molar-refractivity contribution in [2.24, 2.45) is 5.92 Å². The van der Waals surface area contributed by atoms with Crippen LogP contribution in [0, 0.1) is 12.8 Å². The fourth-order valence-electron chi connectivity index (χ4n) is 1.96. The van der Waals surface area contributed by atoms with Crippen molar-refractivity contribution in [3.63, 3.8) is 0 Å². The fraction of sp³-hybridized carbons (Fsp3) is 0.462. The van der Waals surface area contributed by atoms with Crippen LogP contribution in [0.1, 0.15) is 18.9 Å². The Balaban J connectivity index is 2.05. The van der Waals surface area contributed by atoms with Gasteiger partial charge in [-0.25, -0.2) is 0 Å². The van der Waals surface area contributed by atoms with Crippen LogP contribution in [0.25, 0.3) is 0 Å². The molecular formula is C13H16BrNO2. The smallest absolute Gasteiger partial charge is 0.229 e. The molecule has 3 nitrogen and oxygen atoms in total. The Labute approximate surface area is 110 Å². The van der Waals surface area contributed by atoms with Gasteiger partial charge in [0.25, 0.3) is 0 Å². The predicted octanol–water partition coefficient (Wildman–Crippen LogP) is 3.12. The molecule has 1 saturated heterocycles. The van der Waals surface area contributed by atoms with E-state index in [1.807, 2.05) is 32.0 Å². The summed E-state index contributed by atoms with van der Waals surface area (Å²) in [5, 5.41) is 2.96. The molecule has 1 aliphatic rings. The van der Waals surface area contributed by atoms with Gasteiger partial charge in [-0.1, -0.05) is 22.0 Å². The Morgan fingerprint density at radius 2 is 2.29 bits per heavy atom. The minimum atomic E-state index is -0.0246. The normalized spacial score (nSPS) is 23.7. The van der Waals surface area contributed by atoms with Crippen LogP contribution in [0.15, 0.2) is 22.7 Å². The minimum Gasteiger partial charge on any atom is -0.378 e. The van der Waals surface area contributed by atoms with Crippen LogP contribution in [0.5, 0.6) is 0 Å². The van der Waals surface area contributed by atoms with Gasteiger partial charge in [-0.15, -0.1) is 0 Å². The zero-order valence-electron chi connectivity index (χ0n) is 10.00. The van der Waals surface area contributed by atoms with Crippen LogP contribution >= 0.6 is 15.9 Å². The Kier molecular flexibility index (Phi) is 3.84. The molecule has 2 rings (SSSR count). The van der Waals surface area contributed by atoms with E-state index in [0.29, 0.717) is 6.61 Å². The maximum atomic E-state index is 12.0. The molecule has 1 aromatic rings. The average Bonchev–Trinajstić information content (AvgIpc) is 2.70. The topological polar surface area (TPSA) is 38.3 Å². The Morgan fingerprint density at radius 1 is 1.53 bits per heavy atom.